The summed E-state index contributed by atoms with van der Waals surface area (Å²) < 4.78 is 7.14. The second-order valence-electron chi connectivity index (χ2n) is 6.87. The molecule has 0 saturated heterocycles. The van der Waals surface area contributed by atoms with E-state index in [2.05, 4.69) is 10.5 Å². The highest BCUT2D eigenvalue weighted by Gasteiger charge is 2.15. The molecular weight excluding hydrogens is 344 g/mol. The Morgan fingerprint density at radius 3 is 2.56 bits per heavy atom. The molecule has 0 saturated carbocycles. The van der Waals surface area contributed by atoms with Gasteiger partial charge in [-0.1, -0.05) is 5.16 Å². The van der Waals surface area contributed by atoms with Gasteiger partial charge in [-0.25, -0.2) is 0 Å². The molecule has 0 spiro atoms. The van der Waals surface area contributed by atoms with E-state index in [0.717, 1.165) is 22.7 Å². The van der Waals surface area contributed by atoms with Crippen LogP contribution in [0, 0.1) is 20.8 Å². The van der Waals surface area contributed by atoms with Gasteiger partial charge in [-0.15, -0.1) is 0 Å². The monoisotopic (exact) mass is 372 g/mol. The standard InChI is InChI=1S/C20H28N4O3/c1-7-23(12-19(25)21-13(2)3)20(26)9-8-17-10-14(4)24(16(17)6)18-11-15(5)27-22-18/h8-11,13H,7,12H2,1-6H3,(H,21,25). The maximum atomic E-state index is 12.5. The number of carbonyl (C=O) groups is 2. The summed E-state index contributed by atoms with van der Waals surface area (Å²) in [7, 11) is 0. The Hall–Kier alpha value is -2.83. The highest BCUT2D eigenvalue weighted by Crippen LogP contribution is 2.21. The normalized spacial score (nSPS) is 11.4. The van der Waals surface area contributed by atoms with E-state index in [0.29, 0.717) is 12.4 Å². The zero-order valence-electron chi connectivity index (χ0n) is 16.9. The summed E-state index contributed by atoms with van der Waals surface area (Å²) in [5.41, 5.74) is 2.88. The van der Waals surface area contributed by atoms with E-state index in [9.17, 15) is 9.59 Å². The van der Waals surface area contributed by atoms with Crippen LogP contribution in [0.3, 0.4) is 0 Å². The third kappa shape index (κ3) is 5.09. The number of hydrogen-bond acceptors (Lipinski definition) is 4. The second kappa shape index (κ2) is 8.70. The molecule has 0 bridgehead atoms. The van der Waals surface area contributed by atoms with Crippen molar-refractivity contribution in [3.8, 4) is 5.82 Å². The van der Waals surface area contributed by atoms with E-state index in [4.69, 9.17) is 4.52 Å². The Morgan fingerprint density at radius 2 is 2.00 bits per heavy atom. The molecule has 0 unspecified atom stereocenters. The number of amides is 2. The van der Waals surface area contributed by atoms with Gasteiger partial charge in [-0.3, -0.25) is 14.2 Å². The van der Waals surface area contributed by atoms with Gasteiger partial charge in [0.2, 0.25) is 11.8 Å². The summed E-state index contributed by atoms with van der Waals surface area (Å²) in [5, 5.41) is 6.86. The van der Waals surface area contributed by atoms with Gasteiger partial charge < -0.3 is 14.7 Å². The first-order chi connectivity index (χ1) is 12.7. The molecule has 0 radical (unpaired) electrons. The molecule has 146 valence electrons. The molecule has 2 amide bonds. The van der Waals surface area contributed by atoms with Gasteiger partial charge in [0.25, 0.3) is 0 Å². The largest absolute Gasteiger partial charge is 0.360 e. The topological polar surface area (TPSA) is 80.4 Å². The molecule has 2 rings (SSSR count). The van der Waals surface area contributed by atoms with E-state index in [1.165, 1.54) is 11.0 Å². The average molecular weight is 372 g/mol. The van der Waals surface area contributed by atoms with Gasteiger partial charge in [0.05, 0.1) is 6.54 Å². The van der Waals surface area contributed by atoms with Crippen LogP contribution in [0.25, 0.3) is 11.9 Å². The number of rotatable bonds is 7. The van der Waals surface area contributed by atoms with Crippen molar-refractivity contribution in [3.05, 3.63) is 40.9 Å². The van der Waals surface area contributed by atoms with Gasteiger partial charge >= 0.3 is 0 Å². The average Bonchev–Trinajstić information content (AvgIpc) is 3.12. The molecular formula is C20H28N4O3. The minimum absolute atomic E-state index is 0.0485. The van der Waals surface area contributed by atoms with Crippen molar-refractivity contribution in [3.63, 3.8) is 0 Å². The van der Waals surface area contributed by atoms with Crippen molar-refractivity contribution in [2.24, 2.45) is 0 Å². The first-order valence-corrected chi connectivity index (χ1v) is 9.11. The molecule has 2 aromatic heterocycles. The lowest BCUT2D eigenvalue weighted by Gasteiger charge is -2.19. The maximum Gasteiger partial charge on any atom is 0.247 e. The second-order valence-corrected chi connectivity index (χ2v) is 6.87. The van der Waals surface area contributed by atoms with Crippen LogP contribution in [0.2, 0.25) is 0 Å². The summed E-state index contributed by atoms with van der Waals surface area (Å²) in [5.74, 6) is 1.10. The molecule has 7 heteroatoms. The third-order valence-corrected chi connectivity index (χ3v) is 4.20. The molecule has 0 atom stereocenters. The fourth-order valence-electron chi connectivity index (χ4n) is 2.92. The zero-order valence-corrected chi connectivity index (χ0v) is 16.9. The van der Waals surface area contributed by atoms with Crippen LogP contribution in [0.5, 0.6) is 0 Å². The lowest BCUT2D eigenvalue weighted by atomic mass is 10.2. The minimum Gasteiger partial charge on any atom is -0.360 e. The molecule has 2 aromatic rings. The third-order valence-electron chi connectivity index (χ3n) is 4.20. The van der Waals surface area contributed by atoms with Gasteiger partial charge in [0.1, 0.15) is 5.76 Å². The molecule has 0 aliphatic heterocycles. The molecule has 0 fully saturated rings. The van der Waals surface area contributed by atoms with Gasteiger partial charge in [-0.05, 0) is 59.2 Å². The van der Waals surface area contributed by atoms with E-state index in [-0.39, 0.29) is 24.4 Å². The van der Waals surface area contributed by atoms with Crippen LogP contribution < -0.4 is 5.32 Å². The number of hydrogen-bond donors (Lipinski definition) is 1. The van der Waals surface area contributed by atoms with Crippen molar-refractivity contribution in [2.45, 2.75) is 47.6 Å². The summed E-state index contributed by atoms with van der Waals surface area (Å²) in [6.07, 6.45) is 3.28. The van der Waals surface area contributed by atoms with Crippen molar-refractivity contribution in [1.29, 1.82) is 0 Å². The summed E-state index contributed by atoms with van der Waals surface area (Å²) >= 11 is 0. The van der Waals surface area contributed by atoms with Crippen LogP contribution in [0.15, 0.2) is 22.7 Å². The number of nitrogens with one attached hydrogen (secondary N) is 1. The number of carbonyl (C=O) groups excluding carboxylic acids is 2. The first-order valence-electron chi connectivity index (χ1n) is 9.11. The number of aryl methyl sites for hydroxylation is 2. The molecule has 0 aliphatic carbocycles. The van der Waals surface area contributed by atoms with Gasteiger partial charge in [0, 0.05) is 36.1 Å². The smallest absolute Gasteiger partial charge is 0.247 e. The van der Waals surface area contributed by atoms with E-state index < -0.39 is 0 Å². The van der Waals surface area contributed by atoms with Crippen molar-refractivity contribution in [1.82, 2.24) is 19.9 Å². The molecule has 0 aromatic carbocycles. The highest BCUT2D eigenvalue weighted by atomic mass is 16.5. The van der Waals surface area contributed by atoms with Gasteiger partial charge in [0.15, 0.2) is 5.82 Å². The van der Waals surface area contributed by atoms with Gasteiger partial charge in [-0.2, -0.15) is 0 Å². The van der Waals surface area contributed by atoms with Crippen molar-refractivity contribution < 1.29 is 14.1 Å². The Kier molecular flexibility index (Phi) is 6.60. The summed E-state index contributed by atoms with van der Waals surface area (Å²) in [4.78, 5) is 25.9. The summed E-state index contributed by atoms with van der Waals surface area (Å²) in [6.45, 7) is 11.9. The van der Waals surface area contributed by atoms with Crippen LogP contribution in [0.4, 0.5) is 0 Å². The molecule has 1 N–H and O–H groups in total. The Labute approximate surface area is 160 Å². The quantitative estimate of drug-likeness (QED) is 0.758. The van der Waals surface area contributed by atoms with Crippen LogP contribution >= 0.6 is 0 Å². The zero-order chi connectivity index (χ0) is 20.1. The highest BCUT2D eigenvalue weighted by molar-refractivity contribution is 5.94. The first kappa shape index (κ1) is 20.5. The Bertz CT molecular complexity index is 846. The molecule has 2 heterocycles. The van der Waals surface area contributed by atoms with Crippen molar-refractivity contribution >= 4 is 17.9 Å². The van der Waals surface area contributed by atoms with Crippen LogP contribution in [-0.4, -0.2) is 45.6 Å². The van der Waals surface area contributed by atoms with Crippen molar-refractivity contribution in [2.75, 3.05) is 13.1 Å². The molecule has 0 aliphatic rings. The van der Waals surface area contributed by atoms with Crippen LogP contribution in [-0.2, 0) is 9.59 Å². The predicted octanol–water partition coefficient (Wildman–Crippen LogP) is 2.78. The fourth-order valence-corrected chi connectivity index (χ4v) is 2.92. The lowest BCUT2D eigenvalue weighted by molar-refractivity contribution is -0.132. The number of nitrogens with zero attached hydrogens (tertiary/aromatic N) is 3. The summed E-state index contributed by atoms with van der Waals surface area (Å²) in [6, 6.07) is 3.91. The van der Waals surface area contributed by atoms with E-state index >= 15 is 0 Å². The maximum absolute atomic E-state index is 12.5. The Balaban J connectivity index is 2.15. The van der Waals surface area contributed by atoms with E-state index in [1.807, 2.05) is 58.2 Å². The Morgan fingerprint density at radius 1 is 1.30 bits per heavy atom. The fraction of sp³-hybridized carbons (Fsp3) is 0.450. The van der Waals surface area contributed by atoms with Crippen LogP contribution in [0.1, 0.15) is 43.5 Å². The number of aromatic nitrogens is 2. The molecule has 27 heavy (non-hydrogen) atoms. The van der Waals surface area contributed by atoms with E-state index in [1.54, 1.807) is 6.08 Å². The number of likely N-dealkylation sites (N-methyl/N-ethyl adjacent to an activating group) is 1. The minimum atomic E-state index is -0.196. The SMILES string of the molecule is CCN(CC(=O)NC(C)C)C(=O)C=Cc1cc(C)n(-c2cc(C)on2)c1C. The molecule has 7 nitrogen and oxygen atoms in total. The predicted molar refractivity (Wildman–Crippen MR) is 105 cm³/mol. The lowest BCUT2D eigenvalue weighted by Crippen LogP contribution is -2.42.